The third-order valence-corrected chi connectivity index (χ3v) is 8.10. The number of rotatable bonds is 18. The SMILES string of the molecule is CN(C)c1ccc(/C=N/N(CC(O)COc2ccccc2OCC(O)CN(/N=C/c2ccc(N(C)C)cc2)c2ccccc2)c2ccccc2)cc1. The van der Waals surface area contributed by atoms with Gasteiger partial charge in [0.1, 0.15) is 25.4 Å². The average molecular weight is 701 g/mol. The summed E-state index contributed by atoms with van der Waals surface area (Å²) in [6.45, 7) is 0.415. The van der Waals surface area contributed by atoms with Crippen LogP contribution in [0.5, 0.6) is 11.5 Å². The Morgan fingerprint density at radius 2 is 0.827 bits per heavy atom. The summed E-state index contributed by atoms with van der Waals surface area (Å²) in [6.07, 6.45) is 1.81. The molecule has 0 bridgehead atoms. The van der Waals surface area contributed by atoms with Crippen LogP contribution in [0, 0.1) is 0 Å². The minimum atomic E-state index is -0.872. The van der Waals surface area contributed by atoms with Crippen molar-refractivity contribution in [1.82, 2.24) is 0 Å². The molecule has 0 saturated carbocycles. The van der Waals surface area contributed by atoms with Crippen LogP contribution in [0.25, 0.3) is 0 Å². The second kappa shape index (κ2) is 19.0. The molecule has 0 radical (unpaired) electrons. The van der Waals surface area contributed by atoms with Crippen molar-refractivity contribution in [3.05, 3.63) is 145 Å². The minimum Gasteiger partial charge on any atom is -0.487 e. The van der Waals surface area contributed by atoms with Crippen LogP contribution in [0.4, 0.5) is 22.7 Å². The quantitative estimate of drug-likeness (QED) is 0.0804. The fourth-order valence-corrected chi connectivity index (χ4v) is 5.19. The van der Waals surface area contributed by atoms with Gasteiger partial charge in [-0.1, -0.05) is 72.8 Å². The van der Waals surface area contributed by atoms with Gasteiger partial charge >= 0.3 is 0 Å². The van der Waals surface area contributed by atoms with E-state index in [0.717, 1.165) is 33.9 Å². The van der Waals surface area contributed by atoms with Gasteiger partial charge in [-0.25, -0.2) is 0 Å². The first kappa shape index (κ1) is 37.4. The van der Waals surface area contributed by atoms with E-state index in [0.29, 0.717) is 11.5 Å². The van der Waals surface area contributed by atoms with Gasteiger partial charge in [0.05, 0.1) is 36.9 Å². The van der Waals surface area contributed by atoms with Gasteiger partial charge < -0.3 is 29.5 Å². The highest BCUT2D eigenvalue weighted by Gasteiger charge is 2.17. The first-order chi connectivity index (χ1) is 25.2. The maximum absolute atomic E-state index is 11.1. The molecule has 5 aromatic rings. The number of benzene rings is 5. The Labute approximate surface area is 307 Å². The summed E-state index contributed by atoms with van der Waals surface area (Å²) in [5.41, 5.74) is 5.78. The van der Waals surface area contributed by atoms with E-state index in [1.54, 1.807) is 34.6 Å². The molecule has 52 heavy (non-hydrogen) atoms. The molecule has 0 aliphatic heterocycles. The van der Waals surface area contributed by atoms with E-state index < -0.39 is 12.2 Å². The number of para-hydroxylation sites is 4. The minimum absolute atomic E-state index is 0.00529. The summed E-state index contributed by atoms with van der Waals surface area (Å²) in [7, 11) is 8.01. The Bertz CT molecular complexity index is 1700. The maximum atomic E-state index is 11.1. The summed E-state index contributed by atoms with van der Waals surface area (Å²) in [6, 6.07) is 42.8. The molecule has 0 spiro atoms. The van der Waals surface area contributed by atoms with Crippen molar-refractivity contribution in [1.29, 1.82) is 0 Å². The molecule has 2 unspecified atom stereocenters. The predicted molar refractivity (Wildman–Crippen MR) is 214 cm³/mol. The molecular weight excluding hydrogens is 652 g/mol. The average Bonchev–Trinajstić information content (AvgIpc) is 3.17. The Morgan fingerprint density at radius 1 is 0.481 bits per heavy atom. The van der Waals surface area contributed by atoms with Gasteiger partial charge in [-0.05, 0) is 71.8 Å². The number of hydrogen-bond acceptors (Lipinski definition) is 10. The van der Waals surface area contributed by atoms with Crippen molar-refractivity contribution in [2.45, 2.75) is 12.2 Å². The molecule has 5 rings (SSSR count). The number of aliphatic hydroxyl groups excluding tert-OH is 2. The largest absolute Gasteiger partial charge is 0.487 e. The lowest BCUT2D eigenvalue weighted by atomic mass is 10.2. The highest BCUT2D eigenvalue weighted by Crippen LogP contribution is 2.27. The number of anilines is 4. The molecule has 0 saturated heterocycles. The summed E-state index contributed by atoms with van der Waals surface area (Å²) in [4.78, 5) is 4.09. The van der Waals surface area contributed by atoms with Crippen molar-refractivity contribution in [3.8, 4) is 11.5 Å². The molecule has 2 atom stereocenters. The van der Waals surface area contributed by atoms with Gasteiger partial charge in [-0.3, -0.25) is 10.0 Å². The van der Waals surface area contributed by atoms with E-state index in [1.807, 2.05) is 159 Å². The van der Waals surface area contributed by atoms with Gasteiger partial charge in [0.2, 0.25) is 0 Å². The second-order valence-electron chi connectivity index (χ2n) is 12.7. The number of hydrazone groups is 2. The fourth-order valence-electron chi connectivity index (χ4n) is 5.19. The van der Waals surface area contributed by atoms with E-state index in [9.17, 15) is 10.2 Å². The van der Waals surface area contributed by atoms with Crippen molar-refractivity contribution in [2.75, 3.05) is 74.3 Å². The normalized spacial score (nSPS) is 12.4. The molecule has 5 aromatic carbocycles. The third kappa shape index (κ3) is 11.3. The fraction of sp³-hybridized carbons (Fsp3) is 0.238. The summed E-state index contributed by atoms with van der Waals surface area (Å²) in [5, 5.41) is 35.1. The molecule has 2 N–H and O–H groups in total. The molecule has 0 amide bonds. The number of aliphatic hydroxyl groups is 2. The van der Waals surface area contributed by atoms with Crippen LogP contribution in [0.2, 0.25) is 0 Å². The van der Waals surface area contributed by atoms with Gasteiger partial charge in [-0.2, -0.15) is 10.2 Å². The second-order valence-corrected chi connectivity index (χ2v) is 12.7. The molecule has 0 aromatic heterocycles. The number of hydrogen-bond donors (Lipinski definition) is 2. The predicted octanol–water partition coefficient (Wildman–Crippen LogP) is 6.38. The Balaban J connectivity index is 1.19. The van der Waals surface area contributed by atoms with Gasteiger partial charge in [0.25, 0.3) is 0 Å². The Morgan fingerprint density at radius 3 is 1.17 bits per heavy atom. The zero-order valence-electron chi connectivity index (χ0n) is 30.2. The molecule has 0 heterocycles. The topological polar surface area (TPSA) is 96.6 Å². The van der Waals surface area contributed by atoms with E-state index in [2.05, 4.69) is 0 Å². The first-order valence-corrected chi connectivity index (χ1v) is 17.2. The smallest absolute Gasteiger partial charge is 0.161 e. The van der Waals surface area contributed by atoms with E-state index in [1.165, 1.54) is 0 Å². The standard InChI is InChI=1S/C42H48N6O4/c1-45(2)35-23-19-33(20-24-35)27-43-47(37-13-7-5-8-14-37)29-39(49)31-51-41-17-11-12-18-42(41)52-32-40(50)30-48(38-15-9-6-10-16-38)44-28-34-21-25-36(26-22-34)46(3)4/h5-28,39-40,49-50H,29-32H2,1-4H3/b43-27+,44-28+. The summed E-state index contributed by atoms with van der Waals surface area (Å²) >= 11 is 0. The molecule has 10 nitrogen and oxygen atoms in total. The van der Waals surface area contributed by atoms with Crippen LogP contribution < -0.4 is 29.3 Å². The Kier molecular flexibility index (Phi) is 13.6. The lowest BCUT2D eigenvalue weighted by molar-refractivity contribution is 0.0977. The molecule has 0 fully saturated rings. The number of nitrogens with zero attached hydrogens (tertiary/aromatic N) is 6. The zero-order valence-corrected chi connectivity index (χ0v) is 30.2. The molecule has 270 valence electrons. The lowest BCUT2D eigenvalue weighted by Gasteiger charge is -2.24. The van der Waals surface area contributed by atoms with Crippen molar-refractivity contribution >= 4 is 35.2 Å². The lowest BCUT2D eigenvalue weighted by Crippen LogP contribution is -2.33. The van der Waals surface area contributed by atoms with Crippen LogP contribution >= 0.6 is 0 Å². The molecular formula is C42H48N6O4. The van der Waals surface area contributed by atoms with Crippen molar-refractivity contribution in [2.24, 2.45) is 10.2 Å². The highest BCUT2D eigenvalue weighted by atomic mass is 16.5. The van der Waals surface area contributed by atoms with Crippen molar-refractivity contribution in [3.63, 3.8) is 0 Å². The van der Waals surface area contributed by atoms with Crippen LogP contribution in [0.3, 0.4) is 0 Å². The van der Waals surface area contributed by atoms with Crippen LogP contribution in [-0.2, 0) is 0 Å². The zero-order chi connectivity index (χ0) is 36.7. The van der Waals surface area contributed by atoms with Gasteiger partial charge in [-0.15, -0.1) is 0 Å². The van der Waals surface area contributed by atoms with Gasteiger partial charge in [0, 0.05) is 39.6 Å². The van der Waals surface area contributed by atoms with Crippen LogP contribution in [-0.4, -0.2) is 89.3 Å². The van der Waals surface area contributed by atoms with Crippen LogP contribution in [0.15, 0.2) is 144 Å². The third-order valence-electron chi connectivity index (χ3n) is 8.10. The monoisotopic (exact) mass is 700 g/mol. The van der Waals surface area contributed by atoms with Gasteiger partial charge in [0.15, 0.2) is 11.5 Å². The molecule has 0 aliphatic carbocycles. The first-order valence-electron chi connectivity index (χ1n) is 17.2. The summed E-state index contributed by atoms with van der Waals surface area (Å²) < 4.78 is 12.1. The molecule has 0 aliphatic rings. The van der Waals surface area contributed by atoms with Crippen LogP contribution in [0.1, 0.15) is 11.1 Å². The van der Waals surface area contributed by atoms with E-state index in [4.69, 9.17) is 19.7 Å². The van der Waals surface area contributed by atoms with E-state index in [-0.39, 0.29) is 26.3 Å². The van der Waals surface area contributed by atoms with Crippen molar-refractivity contribution < 1.29 is 19.7 Å². The maximum Gasteiger partial charge on any atom is 0.161 e. The summed E-state index contributed by atoms with van der Waals surface area (Å²) in [5.74, 6) is 0.923. The highest BCUT2D eigenvalue weighted by molar-refractivity contribution is 5.82. The molecule has 10 heteroatoms. The Hall–Kier alpha value is -5.84. The van der Waals surface area contributed by atoms with E-state index >= 15 is 0 Å². The number of ether oxygens (including phenoxy) is 2.